The fourth-order valence-corrected chi connectivity index (χ4v) is 1.52. The lowest BCUT2D eigenvalue weighted by molar-refractivity contribution is 0.397. The van der Waals surface area contributed by atoms with Crippen molar-refractivity contribution in [2.75, 3.05) is 20.7 Å². The number of nitrogens with one attached hydrogen (secondary N) is 2. The van der Waals surface area contributed by atoms with Gasteiger partial charge in [0.15, 0.2) is 5.96 Å². The third kappa shape index (κ3) is 6.08. The number of ether oxygens (including phenoxy) is 1. The minimum Gasteiger partial charge on any atom is -0.481 e. The van der Waals surface area contributed by atoms with Gasteiger partial charge in [-0.1, -0.05) is 19.9 Å². The van der Waals surface area contributed by atoms with E-state index in [1.54, 1.807) is 20.4 Å². The number of pyridine rings is 1. The monoisotopic (exact) mass is 264 g/mol. The molecule has 0 amide bonds. The number of rotatable bonds is 6. The second kappa shape index (κ2) is 8.34. The van der Waals surface area contributed by atoms with E-state index in [2.05, 4.69) is 34.5 Å². The fourth-order valence-electron chi connectivity index (χ4n) is 1.52. The maximum atomic E-state index is 5.02. The molecule has 0 atom stereocenters. The molecule has 0 aromatic carbocycles. The smallest absolute Gasteiger partial charge is 0.212 e. The highest BCUT2D eigenvalue weighted by Gasteiger charge is 2.00. The van der Waals surface area contributed by atoms with Gasteiger partial charge in [0.05, 0.1) is 7.11 Å². The summed E-state index contributed by atoms with van der Waals surface area (Å²) < 4.78 is 5.02. The van der Waals surface area contributed by atoms with E-state index in [0.717, 1.165) is 24.5 Å². The number of aliphatic imine (C=N–C) groups is 1. The van der Waals surface area contributed by atoms with Gasteiger partial charge in [-0.15, -0.1) is 0 Å². The first-order valence-electron chi connectivity index (χ1n) is 6.59. The zero-order valence-electron chi connectivity index (χ0n) is 12.2. The van der Waals surface area contributed by atoms with Crippen LogP contribution < -0.4 is 15.4 Å². The molecular weight excluding hydrogens is 240 g/mol. The molecule has 1 aromatic rings. The number of hydrogen-bond donors (Lipinski definition) is 2. The lowest BCUT2D eigenvalue weighted by atomic mass is 10.1. The Labute approximate surface area is 115 Å². The molecule has 0 bridgehead atoms. The van der Waals surface area contributed by atoms with Crippen LogP contribution >= 0.6 is 0 Å². The summed E-state index contributed by atoms with van der Waals surface area (Å²) in [7, 11) is 3.39. The van der Waals surface area contributed by atoms with Crippen LogP contribution in [0.1, 0.15) is 25.8 Å². The van der Waals surface area contributed by atoms with Crippen LogP contribution in [0.15, 0.2) is 23.3 Å². The van der Waals surface area contributed by atoms with Crippen molar-refractivity contribution in [2.45, 2.75) is 26.8 Å². The Morgan fingerprint density at radius 1 is 1.37 bits per heavy atom. The summed E-state index contributed by atoms with van der Waals surface area (Å²) in [5, 5.41) is 6.54. The highest BCUT2D eigenvalue weighted by molar-refractivity contribution is 5.79. The van der Waals surface area contributed by atoms with E-state index in [4.69, 9.17) is 4.74 Å². The molecule has 19 heavy (non-hydrogen) atoms. The molecule has 1 rings (SSSR count). The van der Waals surface area contributed by atoms with Gasteiger partial charge in [-0.3, -0.25) is 4.99 Å². The summed E-state index contributed by atoms with van der Waals surface area (Å²) in [6, 6.07) is 3.84. The van der Waals surface area contributed by atoms with E-state index in [9.17, 15) is 0 Å². The molecule has 0 saturated heterocycles. The van der Waals surface area contributed by atoms with Crippen LogP contribution in [0.3, 0.4) is 0 Å². The van der Waals surface area contributed by atoms with Crippen LogP contribution in [-0.2, 0) is 6.54 Å². The van der Waals surface area contributed by atoms with Crippen LogP contribution in [0.4, 0.5) is 0 Å². The summed E-state index contributed by atoms with van der Waals surface area (Å²) in [5.41, 5.74) is 1.09. The topological polar surface area (TPSA) is 58.5 Å². The highest BCUT2D eigenvalue weighted by atomic mass is 16.5. The highest BCUT2D eigenvalue weighted by Crippen LogP contribution is 2.06. The standard InChI is InChI=1S/C14H24N4O/c1-11(2)7-8-16-14(15-3)18-10-12-5-6-13(19-4)17-9-12/h5-6,9,11H,7-8,10H2,1-4H3,(H2,15,16,18). The Bertz CT molecular complexity index is 387. The average molecular weight is 264 g/mol. The van der Waals surface area contributed by atoms with Crippen LogP contribution in [0.25, 0.3) is 0 Å². The molecule has 5 nitrogen and oxygen atoms in total. The second-order valence-electron chi connectivity index (χ2n) is 4.74. The van der Waals surface area contributed by atoms with Gasteiger partial charge in [-0.05, 0) is 17.9 Å². The van der Waals surface area contributed by atoms with Gasteiger partial charge in [0, 0.05) is 32.4 Å². The maximum Gasteiger partial charge on any atom is 0.212 e. The molecule has 106 valence electrons. The summed E-state index contributed by atoms with van der Waals surface area (Å²) in [6.45, 7) is 6.04. The molecule has 0 aliphatic rings. The van der Waals surface area contributed by atoms with Crippen molar-refractivity contribution in [2.24, 2.45) is 10.9 Å². The average Bonchev–Trinajstić information content (AvgIpc) is 2.42. The van der Waals surface area contributed by atoms with Crippen molar-refractivity contribution in [3.05, 3.63) is 23.9 Å². The molecule has 0 aliphatic carbocycles. The summed E-state index contributed by atoms with van der Waals surface area (Å²) in [4.78, 5) is 8.35. The number of nitrogens with zero attached hydrogens (tertiary/aromatic N) is 2. The van der Waals surface area contributed by atoms with Crippen molar-refractivity contribution in [3.63, 3.8) is 0 Å². The van der Waals surface area contributed by atoms with Crippen molar-refractivity contribution in [1.82, 2.24) is 15.6 Å². The summed E-state index contributed by atoms with van der Waals surface area (Å²) >= 11 is 0. The number of guanidine groups is 1. The number of methoxy groups -OCH3 is 1. The van der Waals surface area contributed by atoms with E-state index in [1.807, 2.05) is 12.1 Å². The Balaban J connectivity index is 2.36. The van der Waals surface area contributed by atoms with E-state index in [-0.39, 0.29) is 0 Å². The third-order valence-electron chi connectivity index (χ3n) is 2.70. The molecule has 0 saturated carbocycles. The zero-order valence-corrected chi connectivity index (χ0v) is 12.2. The number of hydrogen-bond acceptors (Lipinski definition) is 3. The molecule has 1 heterocycles. The van der Waals surface area contributed by atoms with Gasteiger partial charge in [0.1, 0.15) is 0 Å². The van der Waals surface area contributed by atoms with Gasteiger partial charge in [-0.25, -0.2) is 4.98 Å². The molecule has 0 spiro atoms. The van der Waals surface area contributed by atoms with Gasteiger partial charge >= 0.3 is 0 Å². The summed E-state index contributed by atoms with van der Waals surface area (Å²) in [5.74, 6) is 2.14. The second-order valence-corrected chi connectivity index (χ2v) is 4.74. The van der Waals surface area contributed by atoms with Crippen LogP contribution in [-0.4, -0.2) is 31.6 Å². The molecule has 1 aromatic heterocycles. The Kier molecular flexibility index (Phi) is 6.71. The maximum absolute atomic E-state index is 5.02. The predicted octanol–water partition coefficient (Wildman–Crippen LogP) is 1.80. The van der Waals surface area contributed by atoms with Crippen LogP contribution in [0, 0.1) is 5.92 Å². The van der Waals surface area contributed by atoms with Gasteiger partial charge in [-0.2, -0.15) is 0 Å². The predicted molar refractivity (Wildman–Crippen MR) is 78.4 cm³/mol. The molecule has 0 unspecified atom stereocenters. The van der Waals surface area contributed by atoms with E-state index >= 15 is 0 Å². The normalized spacial score (nSPS) is 11.5. The lowest BCUT2D eigenvalue weighted by Crippen LogP contribution is -2.37. The molecule has 5 heteroatoms. The quantitative estimate of drug-likeness (QED) is 0.607. The largest absolute Gasteiger partial charge is 0.481 e. The zero-order chi connectivity index (χ0) is 14.1. The summed E-state index contributed by atoms with van der Waals surface area (Å²) in [6.07, 6.45) is 2.93. The first-order chi connectivity index (χ1) is 9.15. The van der Waals surface area contributed by atoms with E-state index in [1.165, 1.54) is 0 Å². The first kappa shape index (κ1) is 15.3. The van der Waals surface area contributed by atoms with Crippen molar-refractivity contribution in [3.8, 4) is 5.88 Å². The van der Waals surface area contributed by atoms with Crippen LogP contribution in [0.2, 0.25) is 0 Å². The molecular formula is C14H24N4O. The van der Waals surface area contributed by atoms with Gasteiger partial charge in [0.2, 0.25) is 5.88 Å². The van der Waals surface area contributed by atoms with Crippen LogP contribution in [0.5, 0.6) is 5.88 Å². The first-order valence-corrected chi connectivity index (χ1v) is 6.59. The minimum atomic E-state index is 0.628. The molecule has 2 N–H and O–H groups in total. The molecule has 0 radical (unpaired) electrons. The minimum absolute atomic E-state index is 0.628. The SMILES string of the molecule is CN=C(NCCC(C)C)NCc1ccc(OC)nc1. The van der Waals surface area contributed by atoms with Gasteiger partial charge < -0.3 is 15.4 Å². The van der Waals surface area contributed by atoms with Gasteiger partial charge in [0.25, 0.3) is 0 Å². The lowest BCUT2D eigenvalue weighted by Gasteiger charge is -2.12. The Morgan fingerprint density at radius 3 is 2.68 bits per heavy atom. The molecule has 0 fully saturated rings. The third-order valence-corrected chi connectivity index (χ3v) is 2.70. The Hall–Kier alpha value is -1.78. The van der Waals surface area contributed by atoms with E-state index < -0.39 is 0 Å². The van der Waals surface area contributed by atoms with E-state index in [0.29, 0.717) is 18.3 Å². The van der Waals surface area contributed by atoms with Crippen molar-refractivity contribution < 1.29 is 4.74 Å². The fraction of sp³-hybridized carbons (Fsp3) is 0.571. The Morgan fingerprint density at radius 2 is 2.16 bits per heavy atom. The van der Waals surface area contributed by atoms with Crippen molar-refractivity contribution >= 4 is 5.96 Å². The van der Waals surface area contributed by atoms with Crippen molar-refractivity contribution in [1.29, 1.82) is 0 Å². The molecule has 0 aliphatic heterocycles. The number of aromatic nitrogens is 1.